The van der Waals surface area contributed by atoms with Crippen molar-refractivity contribution in [3.05, 3.63) is 22.7 Å². The van der Waals surface area contributed by atoms with Crippen molar-refractivity contribution < 1.29 is 5.11 Å². The Morgan fingerprint density at radius 1 is 1.33 bits per heavy atom. The molecule has 0 radical (unpaired) electrons. The molecule has 2 aromatic rings. The van der Waals surface area contributed by atoms with Crippen LogP contribution >= 0.6 is 27.3 Å². The highest BCUT2D eigenvalue weighted by Crippen LogP contribution is 2.36. The number of anilines is 1. The lowest BCUT2D eigenvalue weighted by Crippen LogP contribution is -1.82. The van der Waals surface area contributed by atoms with E-state index in [2.05, 4.69) is 15.9 Å². The molecule has 0 spiro atoms. The highest BCUT2D eigenvalue weighted by atomic mass is 79.9. The molecule has 0 atom stereocenters. The first-order valence-corrected chi connectivity index (χ1v) is 4.95. The monoisotopic (exact) mass is 243 g/mol. The maximum Gasteiger partial charge on any atom is 0.172 e. The molecule has 0 saturated carbocycles. The molecule has 1 heterocycles. The lowest BCUT2D eigenvalue weighted by atomic mass is 10.2. The van der Waals surface area contributed by atoms with E-state index in [-0.39, 0.29) is 0 Å². The maximum absolute atomic E-state index is 9.23. The average molecular weight is 244 g/mol. The van der Waals surface area contributed by atoms with Gasteiger partial charge in [-0.1, -0.05) is 27.3 Å². The van der Waals surface area contributed by atoms with E-state index in [1.807, 2.05) is 12.1 Å². The molecule has 2 rings (SSSR count). The van der Waals surface area contributed by atoms with E-state index in [0.29, 0.717) is 10.8 Å². The third-order valence-electron chi connectivity index (χ3n) is 1.60. The van der Waals surface area contributed by atoms with E-state index < -0.39 is 0 Å². The van der Waals surface area contributed by atoms with Gasteiger partial charge in [0.1, 0.15) is 0 Å². The third kappa shape index (κ3) is 1.17. The fraction of sp³-hybridized carbons (Fsp3) is 0. The molecule has 1 aromatic carbocycles. The molecule has 0 aliphatic heterocycles. The molecule has 3 N–H and O–H groups in total. The standard InChI is InChI=1S/C8H6BrNOS/c9-6-1-4(10)2-7-5(6)3-8(11)12-7/h1-3,11H,10H2. The summed E-state index contributed by atoms with van der Waals surface area (Å²) < 4.78 is 1.92. The van der Waals surface area contributed by atoms with Crippen molar-refractivity contribution in [3.63, 3.8) is 0 Å². The molecule has 1 aromatic heterocycles. The van der Waals surface area contributed by atoms with Crippen LogP contribution in [0.15, 0.2) is 22.7 Å². The van der Waals surface area contributed by atoms with Crippen molar-refractivity contribution in [2.45, 2.75) is 0 Å². The number of fused-ring (bicyclic) bond motifs is 1. The molecular formula is C8H6BrNOS. The first-order chi connectivity index (χ1) is 5.66. The minimum atomic E-state index is 0.316. The Labute approximate surface area is 81.8 Å². The van der Waals surface area contributed by atoms with Crippen LogP contribution in [0.4, 0.5) is 5.69 Å². The molecule has 0 fully saturated rings. The summed E-state index contributed by atoms with van der Waals surface area (Å²) in [5, 5.41) is 10.6. The molecule has 2 nitrogen and oxygen atoms in total. The second kappa shape index (κ2) is 2.64. The zero-order valence-electron chi connectivity index (χ0n) is 6.04. The number of nitrogens with two attached hydrogens (primary N) is 1. The van der Waals surface area contributed by atoms with Crippen LogP contribution in [0.5, 0.6) is 5.06 Å². The summed E-state index contributed by atoms with van der Waals surface area (Å²) >= 11 is 4.70. The third-order valence-corrected chi connectivity index (χ3v) is 3.14. The van der Waals surface area contributed by atoms with Gasteiger partial charge in [0, 0.05) is 26.3 Å². The second-order valence-corrected chi connectivity index (χ2v) is 4.42. The largest absolute Gasteiger partial charge is 0.499 e. The lowest BCUT2D eigenvalue weighted by molar-refractivity contribution is 0.491. The number of benzene rings is 1. The van der Waals surface area contributed by atoms with Gasteiger partial charge in [-0.05, 0) is 12.1 Å². The van der Waals surface area contributed by atoms with Gasteiger partial charge in [-0.2, -0.15) is 0 Å². The number of nitrogen functional groups attached to an aromatic ring is 1. The summed E-state index contributed by atoms with van der Waals surface area (Å²) in [6.45, 7) is 0. The molecule has 0 bridgehead atoms. The highest BCUT2D eigenvalue weighted by molar-refractivity contribution is 9.10. The van der Waals surface area contributed by atoms with Gasteiger partial charge in [0.2, 0.25) is 0 Å². The average Bonchev–Trinajstić information content (AvgIpc) is 2.29. The van der Waals surface area contributed by atoms with Crippen molar-refractivity contribution in [1.82, 2.24) is 0 Å². The summed E-state index contributed by atoms with van der Waals surface area (Å²) in [4.78, 5) is 0. The van der Waals surface area contributed by atoms with Crippen LogP contribution in [0, 0.1) is 0 Å². The van der Waals surface area contributed by atoms with Crippen LogP contribution in [-0.2, 0) is 0 Å². The molecular weight excluding hydrogens is 238 g/mol. The van der Waals surface area contributed by atoms with Crippen molar-refractivity contribution in [1.29, 1.82) is 0 Å². The van der Waals surface area contributed by atoms with Crippen LogP contribution < -0.4 is 5.73 Å². The normalized spacial score (nSPS) is 10.8. The topological polar surface area (TPSA) is 46.2 Å². The molecule has 0 saturated heterocycles. The van der Waals surface area contributed by atoms with E-state index in [0.717, 1.165) is 14.6 Å². The summed E-state index contributed by atoms with van der Waals surface area (Å²) in [5.74, 6) is 0. The Hall–Kier alpha value is -0.740. The Morgan fingerprint density at radius 2 is 2.08 bits per heavy atom. The molecule has 0 aliphatic rings. The highest BCUT2D eigenvalue weighted by Gasteiger charge is 2.04. The Morgan fingerprint density at radius 3 is 2.83 bits per heavy atom. The van der Waals surface area contributed by atoms with Gasteiger partial charge in [-0.25, -0.2) is 0 Å². The summed E-state index contributed by atoms with van der Waals surface area (Å²) in [6.07, 6.45) is 0. The first-order valence-electron chi connectivity index (χ1n) is 3.34. The fourth-order valence-electron chi connectivity index (χ4n) is 1.10. The van der Waals surface area contributed by atoms with Gasteiger partial charge in [0.15, 0.2) is 5.06 Å². The minimum absolute atomic E-state index is 0.316. The first kappa shape index (κ1) is 7.89. The van der Waals surface area contributed by atoms with Crippen molar-refractivity contribution in [2.24, 2.45) is 0 Å². The number of rotatable bonds is 0. The van der Waals surface area contributed by atoms with E-state index in [1.165, 1.54) is 11.3 Å². The summed E-state index contributed by atoms with van der Waals surface area (Å²) in [5.41, 5.74) is 6.33. The van der Waals surface area contributed by atoms with Gasteiger partial charge in [-0.15, -0.1) is 0 Å². The van der Waals surface area contributed by atoms with Crippen LogP contribution in [0.2, 0.25) is 0 Å². The molecule has 0 amide bonds. The minimum Gasteiger partial charge on any atom is -0.499 e. The number of hydrogen-bond donors (Lipinski definition) is 2. The summed E-state index contributed by atoms with van der Waals surface area (Å²) in [6, 6.07) is 5.41. The van der Waals surface area contributed by atoms with Crippen LogP contribution in [-0.4, -0.2) is 5.11 Å². The molecule has 12 heavy (non-hydrogen) atoms. The van der Waals surface area contributed by atoms with E-state index in [4.69, 9.17) is 5.73 Å². The Kier molecular flexibility index (Phi) is 1.73. The predicted octanol–water partition coefficient (Wildman–Crippen LogP) is 2.95. The van der Waals surface area contributed by atoms with Gasteiger partial charge < -0.3 is 10.8 Å². The zero-order valence-corrected chi connectivity index (χ0v) is 8.45. The van der Waals surface area contributed by atoms with Crippen molar-refractivity contribution in [3.8, 4) is 5.06 Å². The van der Waals surface area contributed by atoms with Gasteiger partial charge in [0.25, 0.3) is 0 Å². The molecule has 4 heteroatoms. The number of aromatic hydroxyl groups is 1. The molecule has 0 aliphatic carbocycles. The number of thiophene rings is 1. The number of halogens is 1. The van der Waals surface area contributed by atoms with Crippen LogP contribution in [0.3, 0.4) is 0 Å². The lowest BCUT2D eigenvalue weighted by Gasteiger charge is -1.95. The number of hydrogen-bond acceptors (Lipinski definition) is 3. The fourth-order valence-corrected chi connectivity index (χ4v) is 2.70. The maximum atomic E-state index is 9.23. The predicted molar refractivity (Wildman–Crippen MR) is 55.6 cm³/mol. The van der Waals surface area contributed by atoms with Crippen molar-refractivity contribution in [2.75, 3.05) is 5.73 Å². The Bertz CT molecular complexity index is 438. The second-order valence-electron chi connectivity index (χ2n) is 2.50. The summed E-state index contributed by atoms with van der Waals surface area (Å²) in [7, 11) is 0. The molecule has 0 unspecified atom stereocenters. The Balaban J connectivity index is 2.88. The van der Waals surface area contributed by atoms with Gasteiger partial charge >= 0.3 is 0 Å². The van der Waals surface area contributed by atoms with Gasteiger partial charge in [0.05, 0.1) is 0 Å². The van der Waals surface area contributed by atoms with Crippen LogP contribution in [0.25, 0.3) is 10.1 Å². The van der Waals surface area contributed by atoms with Crippen molar-refractivity contribution >= 4 is 43.0 Å². The zero-order chi connectivity index (χ0) is 8.72. The SMILES string of the molecule is Nc1cc(Br)c2cc(O)sc2c1. The van der Waals surface area contributed by atoms with E-state index in [9.17, 15) is 5.11 Å². The van der Waals surface area contributed by atoms with E-state index >= 15 is 0 Å². The van der Waals surface area contributed by atoms with Crippen LogP contribution in [0.1, 0.15) is 0 Å². The molecule has 62 valence electrons. The van der Waals surface area contributed by atoms with Gasteiger partial charge in [-0.3, -0.25) is 0 Å². The van der Waals surface area contributed by atoms with E-state index in [1.54, 1.807) is 6.07 Å². The quantitative estimate of drug-likeness (QED) is 0.700. The smallest absolute Gasteiger partial charge is 0.172 e.